The van der Waals surface area contributed by atoms with E-state index < -0.39 is 0 Å². The van der Waals surface area contributed by atoms with Crippen molar-refractivity contribution in [3.8, 4) is 23.8 Å². The van der Waals surface area contributed by atoms with Crippen molar-refractivity contribution < 1.29 is 9.47 Å². The highest BCUT2D eigenvalue weighted by Crippen LogP contribution is 2.32. The normalized spacial score (nSPS) is 17.1. The van der Waals surface area contributed by atoms with Gasteiger partial charge in [0.05, 0.1) is 19.3 Å². The topological polar surface area (TPSA) is 56.5 Å². The summed E-state index contributed by atoms with van der Waals surface area (Å²) in [7, 11) is 0. The molecule has 4 nitrogen and oxygen atoms in total. The molecule has 4 heteroatoms. The number of rotatable bonds is 4. The van der Waals surface area contributed by atoms with Crippen LogP contribution in [0.2, 0.25) is 0 Å². The maximum absolute atomic E-state index is 5.81. The summed E-state index contributed by atoms with van der Waals surface area (Å²) in [5, 5.41) is 3.30. The molecule has 0 saturated heterocycles. The standard InChI is InChI=1S/C15H20N2O2/c1-3-11(2)17-13(10-16)12-5-6-14-15(9-12)19-8-4-7-18-14/h1,5-6,9,11,13,17H,4,7-8,10,16H2,2H3. The predicted molar refractivity (Wildman–Crippen MR) is 75.3 cm³/mol. The summed E-state index contributed by atoms with van der Waals surface area (Å²) in [5.41, 5.74) is 6.88. The third-order valence-corrected chi connectivity index (χ3v) is 3.11. The van der Waals surface area contributed by atoms with Gasteiger partial charge in [0.15, 0.2) is 11.5 Å². The zero-order valence-corrected chi connectivity index (χ0v) is 11.2. The third kappa shape index (κ3) is 3.40. The first kappa shape index (κ1) is 13.7. The molecular weight excluding hydrogens is 240 g/mol. The molecule has 2 unspecified atom stereocenters. The summed E-state index contributed by atoms with van der Waals surface area (Å²) in [6, 6.07) is 5.91. The molecule has 0 amide bonds. The molecule has 0 fully saturated rings. The van der Waals surface area contributed by atoms with Crippen LogP contribution in [0.4, 0.5) is 0 Å². The molecule has 19 heavy (non-hydrogen) atoms. The number of benzene rings is 1. The van der Waals surface area contributed by atoms with Gasteiger partial charge in [0, 0.05) is 19.0 Å². The minimum Gasteiger partial charge on any atom is -0.490 e. The molecule has 1 heterocycles. The average Bonchev–Trinajstić information content (AvgIpc) is 2.68. The number of nitrogens with two attached hydrogens (primary N) is 1. The molecule has 3 N–H and O–H groups in total. The van der Waals surface area contributed by atoms with Gasteiger partial charge in [-0.3, -0.25) is 5.32 Å². The van der Waals surface area contributed by atoms with Gasteiger partial charge in [-0.1, -0.05) is 12.0 Å². The summed E-state index contributed by atoms with van der Waals surface area (Å²) in [6.45, 7) is 3.79. The molecule has 1 aliphatic heterocycles. The van der Waals surface area contributed by atoms with Crippen LogP contribution in [0.25, 0.3) is 0 Å². The number of ether oxygens (including phenoxy) is 2. The van der Waals surface area contributed by atoms with Crippen molar-refractivity contribution in [2.75, 3.05) is 19.8 Å². The van der Waals surface area contributed by atoms with Crippen molar-refractivity contribution in [1.29, 1.82) is 0 Å². The van der Waals surface area contributed by atoms with Crippen LogP contribution in [0, 0.1) is 12.3 Å². The minimum absolute atomic E-state index is 0.0169. The number of hydrogen-bond donors (Lipinski definition) is 2. The summed E-state index contributed by atoms with van der Waals surface area (Å²) in [6.07, 6.45) is 6.29. The van der Waals surface area contributed by atoms with Crippen LogP contribution >= 0.6 is 0 Å². The first-order chi connectivity index (χ1) is 9.24. The third-order valence-electron chi connectivity index (χ3n) is 3.11. The van der Waals surface area contributed by atoms with Gasteiger partial charge in [-0.05, 0) is 24.6 Å². The van der Waals surface area contributed by atoms with E-state index in [0.29, 0.717) is 19.8 Å². The summed E-state index contributed by atoms with van der Waals surface area (Å²) in [4.78, 5) is 0. The van der Waals surface area contributed by atoms with E-state index in [1.165, 1.54) is 0 Å². The molecule has 0 aromatic heterocycles. The molecule has 0 radical (unpaired) electrons. The van der Waals surface area contributed by atoms with Gasteiger partial charge in [-0.15, -0.1) is 6.42 Å². The number of terminal acetylenes is 1. The highest BCUT2D eigenvalue weighted by Gasteiger charge is 2.16. The van der Waals surface area contributed by atoms with E-state index in [1.807, 2.05) is 25.1 Å². The van der Waals surface area contributed by atoms with Crippen molar-refractivity contribution in [1.82, 2.24) is 5.32 Å². The van der Waals surface area contributed by atoms with Crippen molar-refractivity contribution in [3.05, 3.63) is 23.8 Å². The Kier molecular flexibility index (Phi) is 4.67. The van der Waals surface area contributed by atoms with Gasteiger partial charge in [0.2, 0.25) is 0 Å². The van der Waals surface area contributed by atoms with Gasteiger partial charge in [-0.25, -0.2) is 0 Å². The van der Waals surface area contributed by atoms with Gasteiger partial charge < -0.3 is 15.2 Å². The zero-order chi connectivity index (χ0) is 13.7. The molecule has 1 aromatic rings. The molecule has 102 valence electrons. The molecule has 2 atom stereocenters. The van der Waals surface area contributed by atoms with Crippen LogP contribution in [0.15, 0.2) is 18.2 Å². The fraction of sp³-hybridized carbons (Fsp3) is 0.467. The summed E-state index contributed by atoms with van der Waals surface area (Å²) in [5.74, 6) is 4.22. The highest BCUT2D eigenvalue weighted by atomic mass is 16.5. The summed E-state index contributed by atoms with van der Waals surface area (Å²) >= 11 is 0. The fourth-order valence-electron chi connectivity index (χ4n) is 2.05. The average molecular weight is 260 g/mol. The number of nitrogens with one attached hydrogen (secondary N) is 1. The van der Waals surface area contributed by atoms with Gasteiger partial charge in [0.25, 0.3) is 0 Å². The smallest absolute Gasteiger partial charge is 0.161 e. The minimum atomic E-state index is -0.0236. The maximum atomic E-state index is 5.81. The van der Waals surface area contributed by atoms with Crippen LogP contribution < -0.4 is 20.5 Å². The monoisotopic (exact) mass is 260 g/mol. The van der Waals surface area contributed by atoms with Gasteiger partial charge >= 0.3 is 0 Å². The van der Waals surface area contributed by atoms with Crippen LogP contribution in [0.1, 0.15) is 24.9 Å². The lowest BCUT2D eigenvalue weighted by Gasteiger charge is -2.20. The molecular formula is C15H20N2O2. The lowest BCUT2D eigenvalue weighted by atomic mass is 10.1. The lowest BCUT2D eigenvalue weighted by molar-refractivity contribution is 0.297. The van der Waals surface area contributed by atoms with Crippen LogP contribution in [-0.2, 0) is 0 Å². The SMILES string of the molecule is C#CC(C)NC(CN)c1ccc2c(c1)OCCCO2. The van der Waals surface area contributed by atoms with E-state index in [9.17, 15) is 0 Å². The van der Waals surface area contributed by atoms with E-state index in [2.05, 4.69) is 11.2 Å². The Morgan fingerprint density at radius 1 is 1.37 bits per heavy atom. The molecule has 0 spiro atoms. The molecule has 0 aliphatic carbocycles. The highest BCUT2D eigenvalue weighted by molar-refractivity contribution is 5.44. The largest absolute Gasteiger partial charge is 0.490 e. The Bertz CT molecular complexity index is 468. The van der Waals surface area contributed by atoms with Gasteiger partial charge in [-0.2, -0.15) is 0 Å². The lowest BCUT2D eigenvalue weighted by Crippen LogP contribution is -2.34. The molecule has 2 rings (SSSR count). The Labute approximate surface area is 114 Å². The second-order valence-electron chi connectivity index (χ2n) is 4.60. The molecule has 1 aromatic carbocycles. The van der Waals surface area contributed by atoms with E-state index in [4.69, 9.17) is 21.6 Å². The number of fused-ring (bicyclic) bond motifs is 1. The number of hydrogen-bond acceptors (Lipinski definition) is 4. The van der Waals surface area contributed by atoms with Crippen LogP contribution in [0.3, 0.4) is 0 Å². The first-order valence-corrected chi connectivity index (χ1v) is 6.56. The van der Waals surface area contributed by atoms with Crippen LogP contribution in [-0.4, -0.2) is 25.8 Å². The van der Waals surface area contributed by atoms with E-state index in [-0.39, 0.29) is 12.1 Å². The van der Waals surface area contributed by atoms with Crippen molar-refractivity contribution >= 4 is 0 Å². The molecule has 0 bridgehead atoms. The summed E-state index contributed by atoms with van der Waals surface area (Å²) < 4.78 is 11.3. The van der Waals surface area contributed by atoms with Gasteiger partial charge in [0.1, 0.15) is 0 Å². The Hall–Kier alpha value is -1.70. The van der Waals surface area contributed by atoms with E-state index in [0.717, 1.165) is 23.5 Å². The Balaban J connectivity index is 2.19. The second kappa shape index (κ2) is 6.46. The van der Waals surface area contributed by atoms with Crippen molar-refractivity contribution in [2.24, 2.45) is 5.73 Å². The Morgan fingerprint density at radius 2 is 2.11 bits per heavy atom. The van der Waals surface area contributed by atoms with E-state index in [1.54, 1.807) is 0 Å². The Morgan fingerprint density at radius 3 is 2.79 bits per heavy atom. The quantitative estimate of drug-likeness (QED) is 0.805. The van der Waals surface area contributed by atoms with Crippen molar-refractivity contribution in [3.63, 3.8) is 0 Å². The second-order valence-corrected chi connectivity index (χ2v) is 4.60. The predicted octanol–water partition coefficient (Wildman–Crippen LogP) is 1.46. The molecule has 0 saturated carbocycles. The maximum Gasteiger partial charge on any atom is 0.161 e. The van der Waals surface area contributed by atoms with Crippen molar-refractivity contribution in [2.45, 2.75) is 25.4 Å². The van der Waals surface area contributed by atoms with E-state index >= 15 is 0 Å². The first-order valence-electron chi connectivity index (χ1n) is 6.56. The molecule has 1 aliphatic rings. The zero-order valence-electron chi connectivity index (χ0n) is 11.2. The fourth-order valence-corrected chi connectivity index (χ4v) is 2.05. The van der Waals surface area contributed by atoms with Crippen LogP contribution in [0.5, 0.6) is 11.5 Å².